The van der Waals surface area contributed by atoms with Crippen LogP contribution in [0.2, 0.25) is 0 Å². The Labute approximate surface area is 492 Å². The summed E-state index contributed by atoms with van der Waals surface area (Å²) in [6.45, 7) is 13.9. The van der Waals surface area contributed by atoms with E-state index in [1.54, 1.807) is 0 Å². The maximum Gasteiger partial charge on any atom is 0.472 e. The number of esters is 4. The molecule has 3 N–H and O–H groups in total. The summed E-state index contributed by atoms with van der Waals surface area (Å²) in [5.41, 5.74) is 0. The highest BCUT2D eigenvalue weighted by atomic mass is 31.2. The zero-order valence-corrected chi connectivity index (χ0v) is 54.2. The maximum absolute atomic E-state index is 12.9. The van der Waals surface area contributed by atoms with Gasteiger partial charge in [-0.25, -0.2) is 9.13 Å². The molecule has 7 atom stereocenters. The number of carbonyl (C=O) groups excluding carboxylic acids is 4. The van der Waals surface area contributed by atoms with Gasteiger partial charge in [0, 0.05) is 25.7 Å². The molecule has 0 aromatic carbocycles. The fraction of sp³-hybridized carbons (Fsp3) is 0.935. The molecule has 19 heteroatoms. The van der Waals surface area contributed by atoms with Crippen LogP contribution in [-0.2, 0) is 65.4 Å². The lowest BCUT2D eigenvalue weighted by Gasteiger charge is -2.21. The molecule has 17 nitrogen and oxygen atoms in total. The van der Waals surface area contributed by atoms with Crippen molar-refractivity contribution in [3.63, 3.8) is 0 Å². The Balaban J connectivity index is 5.27. The van der Waals surface area contributed by atoms with Crippen LogP contribution < -0.4 is 0 Å². The van der Waals surface area contributed by atoms with Crippen LogP contribution in [0.25, 0.3) is 0 Å². The third kappa shape index (κ3) is 54.5. The van der Waals surface area contributed by atoms with Crippen molar-refractivity contribution in [2.24, 2.45) is 23.7 Å². The first-order chi connectivity index (χ1) is 38.7. The van der Waals surface area contributed by atoms with Crippen LogP contribution in [0.4, 0.5) is 0 Å². The molecule has 0 radical (unpaired) electrons. The monoisotopic (exact) mass is 1200 g/mol. The Morgan fingerprint density at radius 1 is 0.346 bits per heavy atom. The molecule has 0 saturated carbocycles. The molecule has 81 heavy (non-hydrogen) atoms. The van der Waals surface area contributed by atoms with E-state index in [1.807, 2.05) is 0 Å². The van der Waals surface area contributed by atoms with Gasteiger partial charge in [-0.05, 0) is 49.4 Å². The largest absolute Gasteiger partial charge is 0.472 e. The van der Waals surface area contributed by atoms with E-state index in [1.165, 1.54) is 83.5 Å². The number of unbranched alkanes of at least 4 members (excludes halogenated alkanes) is 23. The molecule has 0 aromatic heterocycles. The lowest BCUT2D eigenvalue weighted by atomic mass is 10.00. The molecule has 0 saturated heterocycles. The Kier molecular flexibility index (Phi) is 51.1. The molecule has 0 aliphatic heterocycles. The molecule has 0 rings (SSSR count). The summed E-state index contributed by atoms with van der Waals surface area (Å²) in [6.07, 6.45) is 30.9. The molecule has 0 bridgehead atoms. The maximum atomic E-state index is 12.9. The fourth-order valence-corrected chi connectivity index (χ4v) is 10.6. The molecular formula is C62H120O17P2. The minimum Gasteiger partial charge on any atom is -0.462 e. The number of hydrogen-bond acceptors (Lipinski definition) is 15. The zero-order chi connectivity index (χ0) is 60.4. The van der Waals surface area contributed by atoms with Crippen LogP contribution in [0.5, 0.6) is 0 Å². The van der Waals surface area contributed by atoms with Gasteiger partial charge in [0.1, 0.15) is 19.3 Å². The Morgan fingerprint density at radius 2 is 0.593 bits per heavy atom. The molecule has 0 aliphatic carbocycles. The van der Waals surface area contributed by atoms with Gasteiger partial charge < -0.3 is 33.8 Å². The number of ether oxygens (including phenoxy) is 4. The predicted octanol–water partition coefficient (Wildman–Crippen LogP) is 16.6. The first kappa shape index (κ1) is 79.1. The summed E-state index contributed by atoms with van der Waals surface area (Å²) in [5, 5.41) is 10.5. The molecule has 4 unspecified atom stereocenters. The average Bonchev–Trinajstić information content (AvgIpc) is 3.42. The third-order valence-corrected chi connectivity index (χ3v) is 16.7. The second kappa shape index (κ2) is 52.4. The van der Waals surface area contributed by atoms with Crippen LogP contribution in [0.15, 0.2) is 0 Å². The van der Waals surface area contributed by atoms with Gasteiger partial charge in [-0.1, -0.05) is 242 Å². The van der Waals surface area contributed by atoms with Crippen LogP contribution in [-0.4, -0.2) is 96.7 Å². The molecule has 480 valence electrons. The van der Waals surface area contributed by atoms with Crippen molar-refractivity contribution in [1.29, 1.82) is 0 Å². The SMILES string of the molecule is CCC(C)CCCCCCCCC(=O)OC[C@H](COP(=O)(O)OC[C@H](O)COP(=O)(O)OC[C@@H](COC(=O)CCCCCCCCCC(C)C)OC(=O)CCCCCCCCC(C)CC)OC(=O)CCCCCCCCCCC(C)C. The molecular weight excluding hydrogens is 1080 g/mol. The van der Waals surface area contributed by atoms with Crippen molar-refractivity contribution in [2.45, 2.75) is 311 Å². The molecule has 0 fully saturated rings. The van der Waals surface area contributed by atoms with Gasteiger partial charge in [-0.2, -0.15) is 0 Å². The number of aliphatic hydroxyl groups is 1. The van der Waals surface area contributed by atoms with E-state index in [9.17, 15) is 43.2 Å². The Bertz CT molecular complexity index is 1630. The summed E-state index contributed by atoms with van der Waals surface area (Å²) < 4.78 is 67.9. The van der Waals surface area contributed by atoms with Crippen molar-refractivity contribution in [1.82, 2.24) is 0 Å². The normalized spacial score (nSPS) is 15.2. The second-order valence-corrected chi connectivity index (χ2v) is 26.8. The van der Waals surface area contributed by atoms with Gasteiger partial charge >= 0.3 is 39.5 Å². The number of aliphatic hydroxyl groups excluding tert-OH is 1. The molecule has 0 aliphatic rings. The predicted molar refractivity (Wildman–Crippen MR) is 321 cm³/mol. The standard InChI is InChI=1S/C62H120O17P2/c1-9-54(7)40-32-24-18-20-27-35-43-60(65)73-49-57(78-61(66)44-36-28-16-12-11-14-22-30-38-52(3)4)50-76-80(68,69)74-46-56(63)47-75-81(70,71)77-51-58(79-62(67)45-37-29-21-19-25-33-41-55(8)10-2)48-72-59(64)42-34-26-17-13-15-23-31-39-53(5)6/h52-58,63H,9-51H2,1-8H3,(H,68,69)(H,70,71)/t54?,55?,56-,57+,58+/m0/s1. The first-order valence-corrected chi connectivity index (χ1v) is 35.3. The van der Waals surface area contributed by atoms with E-state index in [2.05, 4.69) is 55.4 Å². The minimum atomic E-state index is -4.94. The van der Waals surface area contributed by atoms with E-state index >= 15 is 0 Å². The van der Waals surface area contributed by atoms with Crippen LogP contribution in [0.3, 0.4) is 0 Å². The third-order valence-electron chi connectivity index (χ3n) is 14.8. The van der Waals surface area contributed by atoms with Crippen molar-refractivity contribution in [3.05, 3.63) is 0 Å². The van der Waals surface area contributed by atoms with Gasteiger partial charge in [-0.3, -0.25) is 37.3 Å². The lowest BCUT2D eigenvalue weighted by molar-refractivity contribution is -0.161. The molecule has 0 amide bonds. The van der Waals surface area contributed by atoms with Gasteiger partial charge in [0.25, 0.3) is 0 Å². The van der Waals surface area contributed by atoms with Gasteiger partial charge in [0.05, 0.1) is 26.4 Å². The number of rotatable bonds is 59. The smallest absolute Gasteiger partial charge is 0.462 e. The number of hydrogen-bond donors (Lipinski definition) is 3. The van der Waals surface area contributed by atoms with E-state index in [0.29, 0.717) is 31.6 Å². The van der Waals surface area contributed by atoms with E-state index in [-0.39, 0.29) is 25.7 Å². The summed E-state index contributed by atoms with van der Waals surface area (Å²) in [7, 11) is -9.89. The Morgan fingerprint density at radius 3 is 0.877 bits per heavy atom. The minimum absolute atomic E-state index is 0.101. The molecule has 0 spiro atoms. The quantitative estimate of drug-likeness (QED) is 0.0222. The van der Waals surface area contributed by atoms with Gasteiger partial charge in [0.15, 0.2) is 12.2 Å². The summed E-state index contributed by atoms with van der Waals surface area (Å²) in [4.78, 5) is 72.1. The average molecular weight is 1200 g/mol. The lowest BCUT2D eigenvalue weighted by Crippen LogP contribution is -2.30. The van der Waals surface area contributed by atoms with E-state index < -0.39 is 97.5 Å². The summed E-state index contributed by atoms with van der Waals surface area (Å²) >= 11 is 0. The highest BCUT2D eigenvalue weighted by molar-refractivity contribution is 7.47. The second-order valence-electron chi connectivity index (χ2n) is 23.9. The van der Waals surface area contributed by atoms with Gasteiger partial charge in [-0.15, -0.1) is 0 Å². The van der Waals surface area contributed by atoms with Crippen molar-refractivity contribution in [3.8, 4) is 0 Å². The topological polar surface area (TPSA) is 237 Å². The highest BCUT2D eigenvalue weighted by Crippen LogP contribution is 2.45. The fourth-order valence-electron chi connectivity index (χ4n) is 9.01. The molecule has 0 heterocycles. The summed E-state index contributed by atoms with van der Waals surface area (Å²) in [6, 6.07) is 0. The van der Waals surface area contributed by atoms with Crippen molar-refractivity contribution >= 4 is 39.5 Å². The number of phosphoric acid groups is 2. The number of carbonyl (C=O) groups is 4. The van der Waals surface area contributed by atoms with Crippen LogP contribution >= 0.6 is 15.6 Å². The van der Waals surface area contributed by atoms with E-state index in [4.69, 9.17) is 37.0 Å². The van der Waals surface area contributed by atoms with Crippen LogP contribution in [0.1, 0.15) is 293 Å². The van der Waals surface area contributed by atoms with Crippen molar-refractivity contribution in [2.75, 3.05) is 39.6 Å². The molecule has 0 aromatic rings. The van der Waals surface area contributed by atoms with Crippen molar-refractivity contribution < 1.29 is 80.2 Å². The number of phosphoric ester groups is 2. The zero-order valence-electron chi connectivity index (χ0n) is 52.4. The Hall–Kier alpha value is -1.94. The van der Waals surface area contributed by atoms with Gasteiger partial charge in [0.2, 0.25) is 0 Å². The summed E-state index contributed by atoms with van der Waals surface area (Å²) in [5.74, 6) is 0.728. The van der Waals surface area contributed by atoms with E-state index in [0.717, 1.165) is 120 Å². The van der Waals surface area contributed by atoms with Crippen LogP contribution in [0, 0.1) is 23.7 Å². The first-order valence-electron chi connectivity index (χ1n) is 32.3. The highest BCUT2D eigenvalue weighted by Gasteiger charge is 2.30.